The summed E-state index contributed by atoms with van der Waals surface area (Å²) in [6, 6.07) is 20.0. The molecule has 0 aliphatic carbocycles. The Bertz CT molecular complexity index is 1150. The third-order valence-corrected chi connectivity index (χ3v) is 16.4. The molecule has 0 fully saturated rings. The highest BCUT2D eigenvalue weighted by molar-refractivity contribution is 6.74. The van der Waals surface area contributed by atoms with E-state index in [1.807, 2.05) is 60.7 Å². The molecule has 2 nitrogen and oxygen atoms in total. The van der Waals surface area contributed by atoms with Gasteiger partial charge in [-0.15, -0.1) is 0 Å². The van der Waals surface area contributed by atoms with Gasteiger partial charge in [-0.2, -0.15) is 0 Å². The number of rotatable bonds is 6. The van der Waals surface area contributed by atoms with Gasteiger partial charge in [0.25, 0.3) is 0 Å². The van der Waals surface area contributed by atoms with Gasteiger partial charge >= 0.3 is 0 Å². The zero-order valence-corrected chi connectivity index (χ0v) is 26.0. The van der Waals surface area contributed by atoms with Crippen LogP contribution in [0.3, 0.4) is 0 Å². The lowest BCUT2D eigenvalue weighted by molar-refractivity contribution is 0.0837. The van der Waals surface area contributed by atoms with E-state index >= 15 is 0 Å². The monoisotopic (exact) mass is 516 g/mol. The van der Waals surface area contributed by atoms with E-state index in [2.05, 4.69) is 98.0 Å². The van der Waals surface area contributed by atoms with E-state index in [0.29, 0.717) is 12.2 Å². The summed E-state index contributed by atoms with van der Waals surface area (Å²) in [5.74, 6) is 13.4. The van der Waals surface area contributed by atoms with Gasteiger partial charge < -0.3 is 8.85 Å². The van der Waals surface area contributed by atoms with Gasteiger partial charge in [-0.1, -0.05) is 108 Å². The van der Waals surface area contributed by atoms with Crippen molar-refractivity contribution in [2.75, 3.05) is 6.61 Å². The van der Waals surface area contributed by atoms with Crippen LogP contribution in [0.5, 0.6) is 0 Å². The van der Waals surface area contributed by atoms with Gasteiger partial charge in [-0.3, -0.25) is 0 Å². The molecular formula is C32H44O2Si2. The molecule has 0 amide bonds. The minimum Gasteiger partial charge on any atom is -0.412 e. The first kappa shape index (κ1) is 29.9. The van der Waals surface area contributed by atoms with Crippen LogP contribution in [-0.4, -0.2) is 28.8 Å². The van der Waals surface area contributed by atoms with E-state index in [0.717, 1.165) is 11.1 Å². The lowest BCUT2D eigenvalue weighted by Crippen LogP contribution is -2.54. The Hall–Kier alpha value is -2.35. The van der Waals surface area contributed by atoms with Crippen LogP contribution in [0.15, 0.2) is 72.8 Å². The quantitative estimate of drug-likeness (QED) is 0.283. The van der Waals surface area contributed by atoms with Crippen LogP contribution >= 0.6 is 0 Å². The summed E-state index contributed by atoms with van der Waals surface area (Å²) in [5.41, 5.74) is 1.45. The molecule has 2 aromatic rings. The molecule has 0 saturated carbocycles. The van der Waals surface area contributed by atoms with Crippen molar-refractivity contribution in [3.8, 4) is 23.7 Å². The van der Waals surface area contributed by atoms with Crippen LogP contribution < -0.4 is 0 Å². The van der Waals surface area contributed by atoms with Crippen LogP contribution in [0, 0.1) is 23.7 Å². The SMILES string of the molecule is C=C(C#Cc1ccccc1)[C@](C#Cc1ccccc1)(CO[Si](C)(C)C(C)(C)C)O[Si](C)(C)C(C)(C)C. The van der Waals surface area contributed by atoms with Crippen molar-refractivity contribution in [3.63, 3.8) is 0 Å². The van der Waals surface area contributed by atoms with Gasteiger partial charge in [0.1, 0.15) is 0 Å². The van der Waals surface area contributed by atoms with E-state index in [4.69, 9.17) is 8.85 Å². The summed E-state index contributed by atoms with van der Waals surface area (Å²) in [6.45, 7) is 27.2. The molecule has 0 unspecified atom stereocenters. The summed E-state index contributed by atoms with van der Waals surface area (Å²) in [6.07, 6.45) is 0. The highest BCUT2D eigenvalue weighted by Gasteiger charge is 2.48. The second-order valence-electron chi connectivity index (χ2n) is 12.4. The molecule has 4 heteroatoms. The third kappa shape index (κ3) is 7.82. The molecule has 0 radical (unpaired) electrons. The van der Waals surface area contributed by atoms with Crippen molar-refractivity contribution in [2.24, 2.45) is 0 Å². The Morgan fingerprint density at radius 1 is 0.722 bits per heavy atom. The molecule has 0 spiro atoms. The zero-order chi connectivity index (χ0) is 27.3. The summed E-state index contributed by atoms with van der Waals surface area (Å²) in [4.78, 5) is 0. The van der Waals surface area contributed by atoms with Gasteiger partial charge in [-0.05, 0) is 60.5 Å². The number of hydrogen-bond donors (Lipinski definition) is 0. The summed E-state index contributed by atoms with van der Waals surface area (Å²) in [5, 5.41) is 0.0381. The maximum Gasteiger partial charge on any atom is 0.194 e. The molecule has 0 heterocycles. The fourth-order valence-corrected chi connectivity index (χ4v) is 5.27. The smallest absolute Gasteiger partial charge is 0.194 e. The molecule has 0 aliphatic heterocycles. The lowest BCUT2D eigenvalue weighted by atomic mass is 9.96. The summed E-state index contributed by atoms with van der Waals surface area (Å²) in [7, 11) is -4.39. The Balaban J connectivity index is 2.68. The van der Waals surface area contributed by atoms with Crippen molar-refractivity contribution in [3.05, 3.63) is 83.9 Å². The maximum atomic E-state index is 7.13. The van der Waals surface area contributed by atoms with E-state index in [1.54, 1.807) is 0 Å². The van der Waals surface area contributed by atoms with Gasteiger partial charge in [0.2, 0.25) is 0 Å². The van der Waals surface area contributed by atoms with Crippen molar-refractivity contribution in [1.82, 2.24) is 0 Å². The van der Waals surface area contributed by atoms with Gasteiger partial charge in [0.05, 0.1) is 6.61 Å². The minimum atomic E-state index is -2.29. The molecule has 192 valence electrons. The van der Waals surface area contributed by atoms with Gasteiger partial charge in [-0.25, -0.2) is 0 Å². The average Bonchev–Trinajstić information content (AvgIpc) is 2.79. The second-order valence-corrected chi connectivity index (χ2v) is 22.0. The topological polar surface area (TPSA) is 18.5 Å². The molecule has 0 saturated heterocycles. The molecule has 0 N–H and O–H groups in total. The van der Waals surface area contributed by atoms with Gasteiger partial charge in [0, 0.05) is 16.7 Å². The fraction of sp³-hybridized carbons (Fsp3) is 0.438. The second kappa shape index (κ2) is 11.4. The van der Waals surface area contributed by atoms with Crippen LogP contribution in [0.25, 0.3) is 0 Å². The largest absolute Gasteiger partial charge is 0.412 e. The predicted octanol–water partition coefficient (Wildman–Crippen LogP) is 8.43. The van der Waals surface area contributed by atoms with Crippen molar-refractivity contribution in [2.45, 2.75) is 83.4 Å². The molecule has 0 bridgehead atoms. The first-order chi connectivity index (χ1) is 16.5. The highest BCUT2D eigenvalue weighted by atomic mass is 28.4. The number of hydrogen-bond acceptors (Lipinski definition) is 2. The van der Waals surface area contributed by atoms with Crippen LogP contribution in [0.1, 0.15) is 52.7 Å². The highest BCUT2D eigenvalue weighted by Crippen LogP contribution is 2.42. The van der Waals surface area contributed by atoms with Crippen molar-refractivity contribution < 1.29 is 8.85 Å². The Kier molecular flexibility index (Phi) is 9.43. The molecule has 2 rings (SSSR count). The van der Waals surface area contributed by atoms with E-state index < -0.39 is 22.2 Å². The lowest BCUT2D eigenvalue weighted by Gasteiger charge is -2.45. The minimum absolute atomic E-state index is 0.0171. The van der Waals surface area contributed by atoms with E-state index in [1.165, 1.54) is 0 Å². The third-order valence-electron chi connectivity index (χ3n) is 7.48. The van der Waals surface area contributed by atoms with Crippen molar-refractivity contribution in [1.29, 1.82) is 0 Å². The normalized spacial score (nSPS) is 14.1. The Labute approximate surface area is 222 Å². The molecule has 0 aromatic heterocycles. The number of benzene rings is 2. The summed E-state index contributed by atoms with van der Waals surface area (Å²) >= 11 is 0. The predicted molar refractivity (Wildman–Crippen MR) is 160 cm³/mol. The molecule has 0 aliphatic rings. The first-order valence-electron chi connectivity index (χ1n) is 12.7. The van der Waals surface area contributed by atoms with E-state index in [9.17, 15) is 0 Å². The van der Waals surface area contributed by atoms with Crippen LogP contribution in [0.2, 0.25) is 36.3 Å². The average molecular weight is 517 g/mol. The molecule has 2 aromatic carbocycles. The van der Waals surface area contributed by atoms with Crippen LogP contribution in [0.4, 0.5) is 0 Å². The molecule has 1 atom stereocenters. The standard InChI is InChI=1S/C32H44O2Si2/c1-27(22-23-28-18-14-12-15-19-28)32(34-36(10,11)31(5,6)7,25-24-29-20-16-13-17-21-29)26-33-35(8,9)30(2,3)4/h12-21H,1,26H2,2-11H3/t32-/m0/s1. The summed E-state index contributed by atoms with van der Waals surface area (Å²) < 4.78 is 13.9. The van der Waals surface area contributed by atoms with Crippen molar-refractivity contribution >= 4 is 16.6 Å². The Morgan fingerprint density at radius 3 is 1.61 bits per heavy atom. The Morgan fingerprint density at radius 2 is 1.17 bits per heavy atom. The zero-order valence-electron chi connectivity index (χ0n) is 24.0. The first-order valence-corrected chi connectivity index (χ1v) is 18.5. The van der Waals surface area contributed by atoms with Crippen LogP contribution in [-0.2, 0) is 8.85 Å². The molecule has 36 heavy (non-hydrogen) atoms. The molecular weight excluding hydrogens is 473 g/mol. The maximum absolute atomic E-state index is 7.13. The van der Waals surface area contributed by atoms with Gasteiger partial charge in [0.15, 0.2) is 22.2 Å². The van der Waals surface area contributed by atoms with E-state index in [-0.39, 0.29) is 10.1 Å². The fourth-order valence-electron chi connectivity index (χ4n) is 2.87.